The molecule has 1 aromatic carbocycles. The number of nitrogens with one attached hydrogen (secondary N) is 1. The van der Waals surface area contributed by atoms with E-state index in [0.717, 1.165) is 19.3 Å². The lowest BCUT2D eigenvalue weighted by Gasteiger charge is -2.29. The zero-order valence-electron chi connectivity index (χ0n) is 12.6. The Bertz CT molecular complexity index is 610. The van der Waals surface area contributed by atoms with Crippen molar-refractivity contribution < 1.29 is 17.6 Å². The van der Waals surface area contributed by atoms with Crippen LogP contribution in [0.15, 0.2) is 24.3 Å². The Balaban J connectivity index is 1.95. The van der Waals surface area contributed by atoms with Crippen LogP contribution in [0.25, 0.3) is 0 Å². The zero-order valence-corrected chi connectivity index (χ0v) is 13.4. The molecule has 0 radical (unpaired) electrons. The minimum atomic E-state index is -3.65. The molecule has 1 atom stereocenters. The molecule has 1 aliphatic heterocycles. The van der Waals surface area contributed by atoms with Crippen molar-refractivity contribution in [2.75, 3.05) is 13.1 Å². The lowest BCUT2D eigenvalue weighted by atomic mass is 10.1. The maximum Gasteiger partial charge on any atom is 0.240 e. The maximum absolute atomic E-state index is 12.8. The molecule has 0 saturated carbocycles. The third-order valence-corrected chi connectivity index (χ3v) is 5.09. The molecule has 0 bridgehead atoms. The van der Waals surface area contributed by atoms with Crippen LogP contribution in [0.1, 0.15) is 31.7 Å². The van der Waals surface area contributed by atoms with E-state index in [1.165, 1.54) is 24.3 Å². The molecule has 122 valence electrons. The number of amides is 1. The highest BCUT2D eigenvalue weighted by Crippen LogP contribution is 2.11. The standard InChI is InChI=1S/C15H21FN2O3S/c1-12(15(19)18-9-3-2-4-10-18)17-22(20,21)11-13-5-7-14(16)8-6-13/h5-8,12,17H,2-4,9-11H2,1H3/t12-/m0/s1. The first-order valence-corrected chi connectivity index (χ1v) is 9.06. The first-order chi connectivity index (χ1) is 10.4. The molecule has 1 amide bonds. The van der Waals surface area contributed by atoms with Gasteiger partial charge in [0.05, 0.1) is 11.8 Å². The molecule has 22 heavy (non-hydrogen) atoms. The number of likely N-dealkylation sites (tertiary alicyclic amines) is 1. The number of hydrogen-bond acceptors (Lipinski definition) is 3. The summed E-state index contributed by atoms with van der Waals surface area (Å²) in [5.41, 5.74) is 0.478. The summed E-state index contributed by atoms with van der Waals surface area (Å²) in [5, 5.41) is 0. The van der Waals surface area contributed by atoms with Gasteiger partial charge in [-0.3, -0.25) is 4.79 Å². The summed E-state index contributed by atoms with van der Waals surface area (Å²) < 4.78 is 39.4. The smallest absolute Gasteiger partial charge is 0.240 e. The van der Waals surface area contributed by atoms with Gasteiger partial charge in [0.1, 0.15) is 5.82 Å². The third-order valence-electron chi connectivity index (χ3n) is 3.66. The van der Waals surface area contributed by atoms with Crippen molar-refractivity contribution in [3.63, 3.8) is 0 Å². The average molecular weight is 328 g/mol. The molecule has 1 aromatic rings. The summed E-state index contributed by atoms with van der Waals surface area (Å²) >= 11 is 0. The summed E-state index contributed by atoms with van der Waals surface area (Å²) in [5.74, 6) is -0.879. The van der Waals surface area contributed by atoms with Crippen LogP contribution in [0, 0.1) is 5.82 Å². The van der Waals surface area contributed by atoms with E-state index in [-0.39, 0.29) is 11.7 Å². The van der Waals surface area contributed by atoms with Crippen LogP contribution in [-0.4, -0.2) is 38.4 Å². The molecule has 2 rings (SSSR count). The number of carbonyl (C=O) groups is 1. The fourth-order valence-electron chi connectivity index (χ4n) is 2.55. The number of hydrogen-bond donors (Lipinski definition) is 1. The fraction of sp³-hybridized carbons (Fsp3) is 0.533. The van der Waals surface area contributed by atoms with Gasteiger partial charge in [0, 0.05) is 13.1 Å². The molecule has 1 heterocycles. The molecule has 0 aromatic heterocycles. The second-order valence-electron chi connectivity index (χ2n) is 5.61. The van der Waals surface area contributed by atoms with E-state index in [0.29, 0.717) is 18.7 Å². The Labute approximate surface area is 130 Å². The highest BCUT2D eigenvalue weighted by atomic mass is 32.2. The normalized spacial score (nSPS) is 17.3. The first-order valence-electron chi connectivity index (χ1n) is 7.40. The van der Waals surface area contributed by atoms with Gasteiger partial charge in [-0.05, 0) is 43.9 Å². The SMILES string of the molecule is C[C@H](NS(=O)(=O)Cc1ccc(F)cc1)C(=O)N1CCCCC1. The molecule has 1 saturated heterocycles. The number of piperidine rings is 1. The van der Waals surface area contributed by atoms with E-state index in [4.69, 9.17) is 0 Å². The van der Waals surface area contributed by atoms with Gasteiger partial charge in [-0.2, -0.15) is 0 Å². The Morgan fingerprint density at radius 2 is 1.82 bits per heavy atom. The molecule has 0 spiro atoms. The molecule has 7 heteroatoms. The molecular formula is C15H21FN2O3S. The van der Waals surface area contributed by atoms with Crippen LogP contribution in [0.3, 0.4) is 0 Å². The number of rotatable bonds is 5. The topological polar surface area (TPSA) is 66.5 Å². The first kappa shape index (κ1) is 16.9. The van der Waals surface area contributed by atoms with Crippen molar-refractivity contribution in [2.24, 2.45) is 0 Å². The van der Waals surface area contributed by atoms with Crippen molar-refractivity contribution in [1.29, 1.82) is 0 Å². The summed E-state index contributed by atoms with van der Waals surface area (Å²) in [6, 6.07) is 4.49. The number of carbonyl (C=O) groups excluding carboxylic acids is 1. The van der Waals surface area contributed by atoms with Crippen LogP contribution < -0.4 is 4.72 Å². The van der Waals surface area contributed by atoms with Gasteiger partial charge in [0.15, 0.2) is 0 Å². The van der Waals surface area contributed by atoms with Crippen molar-refractivity contribution >= 4 is 15.9 Å². The van der Waals surface area contributed by atoms with Gasteiger partial charge < -0.3 is 4.90 Å². The van der Waals surface area contributed by atoms with Gasteiger partial charge >= 0.3 is 0 Å². The lowest BCUT2D eigenvalue weighted by molar-refractivity contribution is -0.133. The summed E-state index contributed by atoms with van der Waals surface area (Å²) in [6.07, 6.45) is 3.02. The molecule has 1 aliphatic rings. The van der Waals surface area contributed by atoms with E-state index in [2.05, 4.69) is 4.72 Å². The predicted octanol–water partition coefficient (Wildman–Crippen LogP) is 1.65. The maximum atomic E-state index is 12.8. The van der Waals surface area contributed by atoms with Gasteiger partial charge in [0.25, 0.3) is 0 Å². The predicted molar refractivity (Wildman–Crippen MR) is 82.1 cm³/mol. The largest absolute Gasteiger partial charge is 0.341 e. The summed E-state index contributed by atoms with van der Waals surface area (Å²) in [6.45, 7) is 2.92. The number of benzene rings is 1. The summed E-state index contributed by atoms with van der Waals surface area (Å²) in [7, 11) is -3.65. The Morgan fingerprint density at radius 3 is 2.41 bits per heavy atom. The number of halogens is 1. The van der Waals surface area contributed by atoms with Crippen molar-refractivity contribution in [3.8, 4) is 0 Å². The Kier molecular flexibility index (Phi) is 5.52. The highest BCUT2D eigenvalue weighted by molar-refractivity contribution is 7.88. The zero-order chi connectivity index (χ0) is 16.2. The van der Waals surface area contributed by atoms with Crippen molar-refractivity contribution in [3.05, 3.63) is 35.6 Å². The highest BCUT2D eigenvalue weighted by Gasteiger charge is 2.25. The number of nitrogens with zero attached hydrogens (tertiary/aromatic N) is 1. The van der Waals surface area contributed by atoms with E-state index in [1.54, 1.807) is 11.8 Å². The van der Waals surface area contributed by atoms with Gasteiger partial charge in [-0.25, -0.2) is 17.5 Å². The minimum Gasteiger partial charge on any atom is -0.341 e. The molecule has 0 unspecified atom stereocenters. The van der Waals surface area contributed by atoms with Gasteiger partial charge in [0.2, 0.25) is 15.9 Å². The lowest BCUT2D eigenvalue weighted by Crippen LogP contribution is -2.48. The quantitative estimate of drug-likeness (QED) is 0.894. The van der Waals surface area contributed by atoms with E-state index in [9.17, 15) is 17.6 Å². The molecule has 1 fully saturated rings. The molecular weight excluding hydrogens is 307 g/mol. The van der Waals surface area contributed by atoms with E-state index < -0.39 is 21.9 Å². The Morgan fingerprint density at radius 1 is 1.23 bits per heavy atom. The van der Waals surface area contributed by atoms with Crippen LogP contribution in [0.2, 0.25) is 0 Å². The van der Waals surface area contributed by atoms with Crippen LogP contribution in [-0.2, 0) is 20.6 Å². The Hall–Kier alpha value is -1.47. The monoisotopic (exact) mass is 328 g/mol. The third kappa shape index (κ3) is 4.78. The van der Waals surface area contributed by atoms with Crippen LogP contribution in [0.5, 0.6) is 0 Å². The van der Waals surface area contributed by atoms with Gasteiger partial charge in [-0.1, -0.05) is 12.1 Å². The average Bonchev–Trinajstić information content (AvgIpc) is 2.49. The van der Waals surface area contributed by atoms with E-state index >= 15 is 0 Å². The molecule has 0 aliphatic carbocycles. The second-order valence-corrected chi connectivity index (χ2v) is 7.36. The van der Waals surface area contributed by atoms with Gasteiger partial charge in [-0.15, -0.1) is 0 Å². The molecule has 1 N–H and O–H groups in total. The van der Waals surface area contributed by atoms with Crippen LogP contribution >= 0.6 is 0 Å². The van der Waals surface area contributed by atoms with Crippen molar-refractivity contribution in [2.45, 2.75) is 38.0 Å². The number of sulfonamides is 1. The fourth-order valence-corrected chi connectivity index (χ4v) is 3.90. The minimum absolute atomic E-state index is 0.192. The molecule has 5 nitrogen and oxygen atoms in total. The van der Waals surface area contributed by atoms with Crippen molar-refractivity contribution in [1.82, 2.24) is 9.62 Å². The summed E-state index contributed by atoms with van der Waals surface area (Å²) in [4.78, 5) is 13.9. The van der Waals surface area contributed by atoms with Crippen LogP contribution in [0.4, 0.5) is 4.39 Å². The van der Waals surface area contributed by atoms with E-state index in [1.807, 2.05) is 0 Å². The second kappa shape index (κ2) is 7.19.